The number of hydrogen-bond acceptors (Lipinski definition) is 3. The van der Waals surface area contributed by atoms with Crippen LogP contribution in [0.2, 0.25) is 0 Å². The van der Waals surface area contributed by atoms with Gasteiger partial charge in [0.2, 0.25) is 5.91 Å². The standard InChI is InChI=1S/C19H27NO4/c1-13-8-9-14(2)16(10-13)17-11-20(15(3)12-24-17)18(21)6-4-5-7-19(22)23/h8-10,15,17H,4-7,11-12H2,1-3H3,(H,22,23). The van der Waals surface area contributed by atoms with E-state index < -0.39 is 5.97 Å². The van der Waals surface area contributed by atoms with E-state index in [1.165, 1.54) is 11.1 Å². The monoisotopic (exact) mass is 333 g/mol. The summed E-state index contributed by atoms with van der Waals surface area (Å²) >= 11 is 0. The Morgan fingerprint density at radius 3 is 2.67 bits per heavy atom. The normalized spacial score (nSPS) is 20.9. The van der Waals surface area contributed by atoms with Gasteiger partial charge >= 0.3 is 5.97 Å². The second-order valence-corrected chi connectivity index (χ2v) is 6.68. The lowest BCUT2D eigenvalue weighted by Crippen LogP contribution is -2.48. The number of aliphatic carboxylic acids is 1. The molecule has 1 aliphatic rings. The van der Waals surface area contributed by atoms with Crippen molar-refractivity contribution in [2.45, 2.75) is 58.6 Å². The van der Waals surface area contributed by atoms with E-state index in [0.717, 1.165) is 5.56 Å². The third kappa shape index (κ3) is 4.81. The number of amides is 1. The van der Waals surface area contributed by atoms with Gasteiger partial charge in [-0.3, -0.25) is 9.59 Å². The molecule has 1 aromatic rings. The van der Waals surface area contributed by atoms with E-state index >= 15 is 0 Å². The predicted molar refractivity (Wildman–Crippen MR) is 91.9 cm³/mol. The number of aryl methyl sites for hydroxylation is 2. The molecule has 0 saturated carbocycles. The molecule has 1 saturated heterocycles. The highest BCUT2D eigenvalue weighted by Gasteiger charge is 2.30. The van der Waals surface area contributed by atoms with Crippen LogP contribution in [0.5, 0.6) is 0 Å². The van der Waals surface area contributed by atoms with E-state index in [9.17, 15) is 9.59 Å². The zero-order valence-corrected chi connectivity index (χ0v) is 14.7. The van der Waals surface area contributed by atoms with Crippen LogP contribution in [0.1, 0.15) is 55.4 Å². The molecule has 5 heteroatoms. The van der Waals surface area contributed by atoms with Crippen LogP contribution in [0.15, 0.2) is 18.2 Å². The summed E-state index contributed by atoms with van der Waals surface area (Å²) in [7, 11) is 0. The van der Waals surface area contributed by atoms with E-state index in [1.54, 1.807) is 0 Å². The van der Waals surface area contributed by atoms with Crippen molar-refractivity contribution >= 4 is 11.9 Å². The number of ether oxygens (including phenoxy) is 1. The molecule has 24 heavy (non-hydrogen) atoms. The van der Waals surface area contributed by atoms with Gasteiger partial charge in [-0.15, -0.1) is 0 Å². The molecule has 1 amide bonds. The zero-order chi connectivity index (χ0) is 17.7. The smallest absolute Gasteiger partial charge is 0.303 e. The maximum atomic E-state index is 12.5. The lowest BCUT2D eigenvalue weighted by atomic mass is 9.98. The second kappa shape index (κ2) is 8.29. The van der Waals surface area contributed by atoms with Crippen LogP contribution in [0.25, 0.3) is 0 Å². The van der Waals surface area contributed by atoms with E-state index in [1.807, 2.05) is 11.8 Å². The number of carbonyl (C=O) groups is 2. The lowest BCUT2D eigenvalue weighted by Gasteiger charge is -2.39. The van der Waals surface area contributed by atoms with Gasteiger partial charge in [0.15, 0.2) is 0 Å². The largest absolute Gasteiger partial charge is 0.481 e. The molecule has 5 nitrogen and oxygen atoms in total. The average Bonchev–Trinajstić information content (AvgIpc) is 2.54. The molecular formula is C19H27NO4. The molecule has 1 aliphatic heterocycles. The molecule has 2 rings (SSSR count). The number of carbonyl (C=O) groups excluding carboxylic acids is 1. The molecule has 1 aromatic carbocycles. The highest BCUT2D eigenvalue weighted by atomic mass is 16.5. The second-order valence-electron chi connectivity index (χ2n) is 6.68. The van der Waals surface area contributed by atoms with E-state index in [4.69, 9.17) is 9.84 Å². The lowest BCUT2D eigenvalue weighted by molar-refractivity contribution is -0.145. The summed E-state index contributed by atoms with van der Waals surface area (Å²) in [5.74, 6) is -0.719. The first-order valence-electron chi connectivity index (χ1n) is 8.58. The first kappa shape index (κ1) is 18.5. The minimum absolute atomic E-state index is 0.0540. The Balaban J connectivity index is 1.98. The van der Waals surface area contributed by atoms with Gasteiger partial charge in [0, 0.05) is 12.8 Å². The molecule has 0 aromatic heterocycles. The van der Waals surface area contributed by atoms with Gasteiger partial charge in [0.1, 0.15) is 6.10 Å². The zero-order valence-electron chi connectivity index (χ0n) is 14.7. The predicted octanol–water partition coefficient (Wildman–Crippen LogP) is 3.24. The number of carboxylic acid groups (broad SMARTS) is 1. The number of unbranched alkanes of at least 4 members (excludes halogenated alkanes) is 1. The Hall–Kier alpha value is -1.88. The van der Waals surface area contributed by atoms with E-state index in [0.29, 0.717) is 32.4 Å². The van der Waals surface area contributed by atoms with Crippen molar-refractivity contribution in [3.05, 3.63) is 34.9 Å². The van der Waals surface area contributed by atoms with Gasteiger partial charge < -0.3 is 14.7 Å². The van der Waals surface area contributed by atoms with Crippen LogP contribution in [-0.4, -0.2) is 41.1 Å². The maximum Gasteiger partial charge on any atom is 0.303 e. The first-order chi connectivity index (χ1) is 11.4. The van der Waals surface area contributed by atoms with Crippen molar-refractivity contribution in [2.24, 2.45) is 0 Å². The molecular weight excluding hydrogens is 306 g/mol. The van der Waals surface area contributed by atoms with Crippen LogP contribution in [0, 0.1) is 13.8 Å². The Morgan fingerprint density at radius 1 is 1.25 bits per heavy atom. The van der Waals surface area contributed by atoms with Crippen LogP contribution in [0.3, 0.4) is 0 Å². The maximum absolute atomic E-state index is 12.5. The minimum atomic E-state index is -0.808. The van der Waals surface area contributed by atoms with Crippen LogP contribution >= 0.6 is 0 Å². The first-order valence-corrected chi connectivity index (χ1v) is 8.58. The summed E-state index contributed by atoms with van der Waals surface area (Å²) in [6.07, 6.45) is 1.58. The third-order valence-corrected chi connectivity index (χ3v) is 4.57. The van der Waals surface area contributed by atoms with Crippen LogP contribution < -0.4 is 0 Å². The van der Waals surface area contributed by atoms with Crippen molar-refractivity contribution in [1.29, 1.82) is 0 Å². The fourth-order valence-corrected chi connectivity index (χ4v) is 3.10. The van der Waals surface area contributed by atoms with Gasteiger partial charge in [-0.25, -0.2) is 0 Å². The third-order valence-electron chi connectivity index (χ3n) is 4.57. The molecule has 132 valence electrons. The molecule has 2 unspecified atom stereocenters. The summed E-state index contributed by atoms with van der Waals surface area (Å²) < 4.78 is 5.98. The van der Waals surface area contributed by atoms with Crippen molar-refractivity contribution < 1.29 is 19.4 Å². The van der Waals surface area contributed by atoms with Crippen molar-refractivity contribution in [2.75, 3.05) is 13.2 Å². The summed E-state index contributed by atoms with van der Waals surface area (Å²) in [6.45, 7) is 7.20. The van der Waals surface area contributed by atoms with Crippen molar-refractivity contribution in [1.82, 2.24) is 4.90 Å². The number of rotatable bonds is 6. The van der Waals surface area contributed by atoms with Gasteiger partial charge in [0.05, 0.1) is 19.2 Å². The number of morpholine rings is 1. The van der Waals surface area contributed by atoms with Crippen molar-refractivity contribution in [3.63, 3.8) is 0 Å². The van der Waals surface area contributed by atoms with E-state index in [-0.39, 0.29) is 24.5 Å². The summed E-state index contributed by atoms with van der Waals surface area (Å²) in [5.41, 5.74) is 3.50. The minimum Gasteiger partial charge on any atom is -0.481 e. The molecule has 0 aliphatic carbocycles. The molecule has 0 spiro atoms. The fourth-order valence-electron chi connectivity index (χ4n) is 3.10. The molecule has 0 bridgehead atoms. The Kier molecular flexibility index (Phi) is 6.37. The highest BCUT2D eigenvalue weighted by molar-refractivity contribution is 5.76. The van der Waals surface area contributed by atoms with Crippen LogP contribution in [0.4, 0.5) is 0 Å². The molecule has 1 fully saturated rings. The highest BCUT2D eigenvalue weighted by Crippen LogP contribution is 2.28. The molecule has 2 atom stereocenters. The van der Waals surface area contributed by atoms with Gasteiger partial charge in [-0.05, 0) is 44.7 Å². The molecule has 0 radical (unpaired) electrons. The van der Waals surface area contributed by atoms with Gasteiger partial charge in [-0.1, -0.05) is 23.8 Å². The number of hydrogen-bond donors (Lipinski definition) is 1. The Morgan fingerprint density at radius 2 is 1.96 bits per heavy atom. The molecule has 1 heterocycles. The number of carboxylic acids is 1. The van der Waals surface area contributed by atoms with Crippen molar-refractivity contribution in [3.8, 4) is 0 Å². The molecule has 1 N–H and O–H groups in total. The SMILES string of the molecule is Cc1ccc(C)c(C2CN(C(=O)CCCCC(=O)O)C(C)CO2)c1. The van der Waals surface area contributed by atoms with Crippen LogP contribution in [-0.2, 0) is 14.3 Å². The summed E-state index contributed by atoms with van der Waals surface area (Å²) in [5, 5.41) is 8.67. The number of nitrogens with zero attached hydrogens (tertiary/aromatic N) is 1. The summed E-state index contributed by atoms with van der Waals surface area (Å²) in [4.78, 5) is 24.9. The summed E-state index contributed by atoms with van der Waals surface area (Å²) in [6, 6.07) is 6.35. The Labute approximate surface area is 143 Å². The topological polar surface area (TPSA) is 66.8 Å². The van der Waals surface area contributed by atoms with Gasteiger partial charge in [-0.2, -0.15) is 0 Å². The van der Waals surface area contributed by atoms with E-state index in [2.05, 4.69) is 32.0 Å². The fraction of sp³-hybridized carbons (Fsp3) is 0.579. The van der Waals surface area contributed by atoms with Gasteiger partial charge in [0.25, 0.3) is 0 Å². The quantitative estimate of drug-likeness (QED) is 0.812. The number of benzene rings is 1. The average molecular weight is 333 g/mol. The Bertz CT molecular complexity index is 599.